The fourth-order valence-corrected chi connectivity index (χ4v) is 3.58. The third kappa shape index (κ3) is 5.24. The van der Waals surface area contributed by atoms with Crippen LogP contribution in [0, 0.1) is 12.7 Å². The molecule has 9 heteroatoms. The summed E-state index contributed by atoms with van der Waals surface area (Å²) >= 11 is 1.24. The van der Waals surface area contributed by atoms with Crippen molar-refractivity contribution in [1.82, 2.24) is 20.1 Å². The third-order valence-electron chi connectivity index (χ3n) is 4.36. The van der Waals surface area contributed by atoms with Gasteiger partial charge in [0.15, 0.2) is 11.0 Å². The van der Waals surface area contributed by atoms with Crippen molar-refractivity contribution in [2.75, 3.05) is 11.1 Å². The van der Waals surface area contributed by atoms with Crippen molar-refractivity contribution >= 4 is 29.3 Å². The highest BCUT2D eigenvalue weighted by Crippen LogP contribution is 2.20. The molecule has 0 fully saturated rings. The predicted octanol–water partition coefficient (Wildman–Crippen LogP) is 3.48. The Labute approximate surface area is 178 Å². The van der Waals surface area contributed by atoms with E-state index >= 15 is 0 Å². The summed E-state index contributed by atoms with van der Waals surface area (Å²) in [7, 11) is 1.75. The topological polar surface area (TPSA) is 88.9 Å². The average Bonchev–Trinajstić information content (AvgIpc) is 3.07. The van der Waals surface area contributed by atoms with E-state index in [-0.39, 0.29) is 17.2 Å². The minimum absolute atomic E-state index is 0.0334. The van der Waals surface area contributed by atoms with E-state index in [4.69, 9.17) is 0 Å². The van der Waals surface area contributed by atoms with Crippen LogP contribution in [-0.4, -0.2) is 32.3 Å². The molecule has 0 aliphatic carbocycles. The Kier molecular flexibility index (Phi) is 6.83. The lowest BCUT2D eigenvalue weighted by atomic mass is 10.2. The predicted molar refractivity (Wildman–Crippen MR) is 114 cm³/mol. The van der Waals surface area contributed by atoms with Crippen LogP contribution in [0.1, 0.15) is 34.7 Å². The second-order valence-electron chi connectivity index (χ2n) is 6.78. The summed E-state index contributed by atoms with van der Waals surface area (Å²) in [4.78, 5) is 24.5. The van der Waals surface area contributed by atoms with Gasteiger partial charge in [-0.05, 0) is 43.7 Å². The number of hydrogen-bond acceptors (Lipinski definition) is 5. The van der Waals surface area contributed by atoms with Crippen molar-refractivity contribution < 1.29 is 14.0 Å². The zero-order chi connectivity index (χ0) is 21.7. The summed E-state index contributed by atoms with van der Waals surface area (Å²) in [5, 5.41) is 14.3. The number of hydrogen-bond donors (Lipinski definition) is 2. The lowest BCUT2D eigenvalue weighted by Gasteiger charge is -2.14. The van der Waals surface area contributed by atoms with Crippen molar-refractivity contribution in [1.29, 1.82) is 0 Å². The zero-order valence-corrected chi connectivity index (χ0v) is 17.7. The maximum atomic E-state index is 13.8. The Morgan fingerprint density at radius 1 is 1.17 bits per heavy atom. The minimum atomic E-state index is -0.587. The van der Waals surface area contributed by atoms with Crippen LogP contribution < -0.4 is 10.6 Å². The standard InChI is InChI=1S/C21H22FN5O2S/c1-13-7-6-8-15(11-13)24-18(28)12-30-21-26-25-19(27(21)3)14(2)23-20(29)16-9-4-5-10-17(16)22/h4-11,14H,12H2,1-3H3,(H,23,29)(H,24,28). The molecule has 0 radical (unpaired) electrons. The first-order valence-electron chi connectivity index (χ1n) is 9.29. The van der Waals surface area contributed by atoms with Crippen LogP contribution in [0.25, 0.3) is 0 Å². The molecule has 7 nitrogen and oxygen atoms in total. The molecule has 1 unspecified atom stereocenters. The molecule has 0 aliphatic heterocycles. The number of halogens is 1. The fourth-order valence-electron chi connectivity index (χ4n) is 2.86. The number of carbonyl (C=O) groups is 2. The van der Waals surface area contributed by atoms with Gasteiger partial charge in [-0.2, -0.15) is 0 Å². The van der Waals surface area contributed by atoms with Crippen molar-refractivity contribution in [3.05, 3.63) is 71.3 Å². The van der Waals surface area contributed by atoms with E-state index in [1.807, 2.05) is 31.2 Å². The van der Waals surface area contributed by atoms with Crippen LogP contribution in [0.3, 0.4) is 0 Å². The van der Waals surface area contributed by atoms with Gasteiger partial charge in [0.05, 0.1) is 17.4 Å². The maximum absolute atomic E-state index is 13.8. The number of nitrogens with one attached hydrogen (secondary N) is 2. The molecule has 3 rings (SSSR count). The molecule has 1 atom stereocenters. The van der Waals surface area contributed by atoms with Crippen molar-refractivity contribution in [3.8, 4) is 0 Å². The lowest BCUT2D eigenvalue weighted by molar-refractivity contribution is -0.113. The van der Waals surface area contributed by atoms with Gasteiger partial charge in [0.2, 0.25) is 5.91 Å². The normalized spacial score (nSPS) is 11.7. The molecule has 3 aromatic rings. The van der Waals surface area contributed by atoms with Crippen LogP contribution in [-0.2, 0) is 11.8 Å². The molecule has 0 spiro atoms. The second-order valence-corrected chi connectivity index (χ2v) is 7.72. The van der Waals surface area contributed by atoms with Gasteiger partial charge in [-0.15, -0.1) is 10.2 Å². The first-order valence-corrected chi connectivity index (χ1v) is 10.3. The number of amides is 2. The van der Waals surface area contributed by atoms with Gasteiger partial charge in [0.1, 0.15) is 5.82 Å². The quantitative estimate of drug-likeness (QED) is 0.564. The van der Waals surface area contributed by atoms with Crippen LogP contribution in [0.2, 0.25) is 0 Å². The SMILES string of the molecule is Cc1cccc(NC(=O)CSc2nnc(C(C)NC(=O)c3ccccc3F)n2C)c1. The van der Waals surface area contributed by atoms with Gasteiger partial charge in [0.25, 0.3) is 5.91 Å². The summed E-state index contributed by atoms with van der Waals surface area (Å²) in [6.45, 7) is 3.69. The Balaban J connectivity index is 1.59. The van der Waals surface area contributed by atoms with E-state index in [9.17, 15) is 14.0 Å². The number of anilines is 1. The molecule has 156 valence electrons. The summed E-state index contributed by atoms with van der Waals surface area (Å²) in [6.07, 6.45) is 0. The number of thioether (sulfide) groups is 1. The van der Waals surface area contributed by atoms with E-state index < -0.39 is 17.8 Å². The zero-order valence-electron chi connectivity index (χ0n) is 16.8. The Hall–Kier alpha value is -3.20. The van der Waals surface area contributed by atoms with Crippen LogP contribution in [0.4, 0.5) is 10.1 Å². The van der Waals surface area contributed by atoms with E-state index in [1.165, 1.54) is 30.0 Å². The third-order valence-corrected chi connectivity index (χ3v) is 5.38. The van der Waals surface area contributed by atoms with Gasteiger partial charge < -0.3 is 15.2 Å². The average molecular weight is 428 g/mol. The van der Waals surface area contributed by atoms with Crippen molar-refractivity contribution in [2.45, 2.75) is 25.0 Å². The lowest BCUT2D eigenvalue weighted by Crippen LogP contribution is -2.29. The highest BCUT2D eigenvalue weighted by Gasteiger charge is 2.20. The number of aromatic nitrogens is 3. The van der Waals surface area contributed by atoms with Gasteiger partial charge in [-0.1, -0.05) is 36.0 Å². The van der Waals surface area contributed by atoms with Crippen molar-refractivity contribution in [2.24, 2.45) is 7.05 Å². The molecular weight excluding hydrogens is 405 g/mol. The van der Waals surface area contributed by atoms with Crippen LogP contribution in [0.5, 0.6) is 0 Å². The Morgan fingerprint density at radius 2 is 1.93 bits per heavy atom. The molecule has 30 heavy (non-hydrogen) atoms. The van der Waals surface area contributed by atoms with E-state index in [0.717, 1.165) is 11.3 Å². The summed E-state index contributed by atoms with van der Waals surface area (Å²) in [5.74, 6) is -0.612. The van der Waals surface area contributed by atoms with Gasteiger partial charge in [0, 0.05) is 12.7 Å². The highest BCUT2D eigenvalue weighted by molar-refractivity contribution is 7.99. The monoisotopic (exact) mass is 427 g/mol. The summed E-state index contributed by atoms with van der Waals surface area (Å²) in [6, 6.07) is 12.8. The smallest absolute Gasteiger partial charge is 0.254 e. The van der Waals surface area contributed by atoms with Gasteiger partial charge in [-0.3, -0.25) is 9.59 Å². The second kappa shape index (κ2) is 9.53. The first kappa shape index (κ1) is 21.5. The molecule has 0 saturated heterocycles. The number of aryl methyl sites for hydroxylation is 1. The Morgan fingerprint density at radius 3 is 2.67 bits per heavy atom. The molecule has 1 heterocycles. The summed E-state index contributed by atoms with van der Waals surface area (Å²) < 4.78 is 15.5. The number of carbonyl (C=O) groups excluding carboxylic acids is 2. The van der Waals surface area contributed by atoms with E-state index in [1.54, 1.807) is 24.6 Å². The molecular formula is C21H22FN5O2S. The molecule has 0 saturated carbocycles. The molecule has 2 amide bonds. The maximum Gasteiger partial charge on any atom is 0.254 e. The van der Waals surface area contributed by atoms with Crippen LogP contribution in [0.15, 0.2) is 53.7 Å². The molecule has 0 bridgehead atoms. The number of benzene rings is 2. The van der Waals surface area contributed by atoms with Crippen LogP contribution >= 0.6 is 11.8 Å². The number of rotatable bonds is 7. The fraction of sp³-hybridized carbons (Fsp3) is 0.238. The molecule has 0 aliphatic rings. The molecule has 2 aromatic carbocycles. The molecule has 1 aromatic heterocycles. The largest absolute Gasteiger partial charge is 0.342 e. The first-order chi connectivity index (χ1) is 14.3. The Bertz CT molecular complexity index is 1070. The minimum Gasteiger partial charge on any atom is -0.342 e. The van der Waals surface area contributed by atoms with E-state index in [0.29, 0.717) is 11.0 Å². The van der Waals surface area contributed by atoms with Gasteiger partial charge in [-0.25, -0.2) is 4.39 Å². The highest BCUT2D eigenvalue weighted by atomic mass is 32.2. The molecule has 2 N–H and O–H groups in total. The number of nitrogens with zero attached hydrogens (tertiary/aromatic N) is 3. The summed E-state index contributed by atoms with van der Waals surface area (Å²) in [5.41, 5.74) is 1.77. The van der Waals surface area contributed by atoms with Gasteiger partial charge >= 0.3 is 0 Å². The van der Waals surface area contributed by atoms with E-state index in [2.05, 4.69) is 20.8 Å². The van der Waals surface area contributed by atoms with Crippen molar-refractivity contribution in [3.63, 3.8) is 0 Å².